The second-order valence-electron chi connectivity index (χ2n) is 5.87. The zero-order chi connectivity index (χ0) is 17.2. The SMILES string of the molecule is CCC(c1ccc(OC)cc1)n1cc(-c2ncnc3[nH]ccc23)cn1. The van der Waals surface area contributed by atoms with Crippen LogP contribution in [0, 0.1) is 0 Å². The molecule has 4 rings (SSSR count). The molecular formula is C19H19N5O. The van der Waals surface area contributed by atoms with Crippen molar-refractivity contribution in [3.8, 4) is 17.0 Å². The van der Waals surface area contributed by atoms with Crippen LogP contribution in [0.3, 0.4) is 0 Å². The fourth-order valence-electron chi connectivity index (χ4n) is 3.13. The third kappa shape index (κ3) is 2.76. The molecule has 0 fully saturated rings. The van der Waals surface area contributed by atoms with E-state index < -0.39 is 0 Å². The number of H-pyrrole nitrogens is 1. The van der Waals surface area contributed by atoms with Gasteiger partial charge in [0.15, 0.2) is 0 Å². The molecule has 0 aliphatic rings. The molecule has 0 amide bonds. The Morgan fingerprint density at radius 2 is 2.00 bits per heavy atom. The fourth-order valence-corrected chi connectivity index (χ4v) is 3.13. The Kier molecular flexibility index (Phi) is 3.93. The molecule has 126 valence electrons. The van der Waals surface area contributed by atoms with Gasteiger partial charge in [-0.15, -0.1) is 0 Å². The summed E-state index contributed by atoms with van der Waals surface area (Å²) in [7, 11) is 1.68. The van der Waals surface area contributed by atoms with Gasteiger partial charge in [-0.3, -0.25) is 4.68 Å². The lowest BCUT2D eigenvalue weighted by atomic mass is 10.0. The first-order valence-corrected chi connectivity index (χ1v) is 8.26. The van der Waals surface area contributed by atoms with E-state index in [-0.39, 0.29) is 6.04 Å². The summed E-state index contributed by atoms with van der Waals surface area (Å²) in [6, 6.07) is 10.3. The molecule has 0 saturated carbocycles. The van der Waals surface area contributed by atoms with Gasteiger partial charge in [0.05, 0.1) is 25.0 Å². The van der Waals surface area contributed by atoms with Crippen molar-refractivity contribution in [2.24, 2.45) is 0 Å². The first-order chi connectivity index (χ1) is 12.3. The van der Waals surface area contributed by atoms with E-state index in [9.17, 15) is 0 Å². The number of nitrogens with one attached hydrogen (secondary N) is 1. The topological polar surface area (TPSA) is 68.6 Å². The minimum absolute atomic E-state index is 0.170. The van der Waals surface area contributed by atoms with Gasteiger partial charge in [-0.25, -0.2) is 9.97 Å². The molecule has 3 aromatic heterocycles. The number of hydrogen-bond acceptors (Lipinski definition) is 4. The van der Waals surface area contributed by atoms with Crippen LogP contribution in [-0.4, -0.2) is 31.8 Å². The maximum Gasteiger partial charge on any atom is 0.141 e. The van der Waals surface area contributed by atoms with Crippen LogP contribution in [0.4, 0.5) is 0 Å². The lowest BCUT2D eigenvalue weighted by molar-refractivity contribution is 0.414. The van der Waals surface area contributed by atoms with Crippen molar-refractivity contribution < 1.29 is 4.74 Å². The molecule has 0 aliphatic carbocycles. The summed E-state index contributed by atoms with van der Waals surface area (Å²) in [5.74, 6) is 0.857. The van der Waals surface area contributed by atoms with E-state index in [1.54, 1.807) is 13.4 Å². The summed E-state index contributed by atoms with van der Waals surface area (Å²) >= 11 is 0. The Morgan fingerprint density at radius 3 is 2.76 bits per heavy atom. The normalized spacial score (nSPS) is 12.4. The summed E-state index contributed by atoms with van der Waals surface area (Å²) in [6.07, 6.45) is 8.30. The van der Waals surface area contributed by atoms with Gasteiger partial charge < -0.3 is 9.72 Å². The number of methoxy groups -OCH3 is 1. The quantitative estimate of drug-likeness (QED) is 0.603. The van der Waals surface area contributed by atoms with Gasteiger partial charge in [-0.2, -0.15) is 5.10 Å². The van der Waals surface area contributed by atoms with Crippen molar-refractivity contribution in [2.75, 3.05) is 7.11 Å². The van der Waals surface area contributed by atoms with Crippen LogP contribution in [0.5, 0.6) is 5.75 Å². The lowest BCUT2D eigenvalue weighted by Crippen LogP contribution is -2.10. The zero-order valence-corrected chi connectivity index (χ0v) is 14.2. The summed E-state index contributed by atoms with van der Waals surface area (Å²) in [4.78, 5) is 11.8. The monoisotopic (exact) mass is 333 g/mol. The van der Waals surface area contributed by atoms with Crippen LogP contribution in [0.25, 0.3) is 22.3 Å². The summed E-state index contributed by atoms with van der Waals surface area (Å²) in [5.41, 5.74) is 3.91. The van der Waals surface area contributed by atoms with E-state index in [4.69, 9.17) is 4.74 Å². The van der Waals surface area contributed by atoms with Crippen molar-refractivity contribution in [3.63, 3.8) is 0 Å². The van der Waals surface area contributed by atoms with Crippen molar-refractivity contribution in [2.45, 2.75) is 19.4 Å². The van der Waals surface area contributed by atoms with Crippen LogP contribution in [0.15, 0.2) is 55.2 Å². The molecule has 3 heterocycles. The van der Waals surface area contributed by atoms with E-state index in [2.05, 4.69) is 39.1 Å². The van der Waals surface area contributed by atoms with Crippen LogP contribution in [-0.2, 0) is 0 Å². The maximum atomic E-state index is 5.24. The van der Waals surface area contributed by atoms with Gasteiger partial charge in [-0.1, -0.05) is 19.1 Å². The molecule has 4 aromatic rings. The molecule has 0 aliphatic heterocycles. The number of nitrogens with zero attached hydrogens (tertiary/aromatic N) is 4. The van der Waals surface area contributed by atoms with E-state index in [0.717, 1.165) is 34.5 Å². The molecule has 6 heteroatoms. The second-order valence-corrected chi connectivity index (χ2v) is 5.87. The number of aromatic nitrogens is 5. The Bertz CT molecular complexity index is 986. The van der Waals surface area contributed by atoms with Gasteiger partial charge in [-0.05, 0) is 30.2 Å². The molecule has 1 unspecified atom stereocenters. The van der Waals surface area contributed by atoms with Crippen LogP contribution in [0.2, 0.25) is 0 Å². The Balaban J connectivity index is 1.70. The van der Waals surface area contributed by atoms with Crippen LogP contribution < -0.4 is 4.74 Å². The molecule has 0 radical (unpaired) electrons. The van der Waals surface area contributed by atoms with Crippen molar-refractivity contribution in [1.82, 2.24) is 24.7 Å². The van der Waals surface area contributed by atoms with Crippen LogP contribution >= 0.6 is 0 Å². The Hall–Kier alpha value is -3.15. The van der Waals surface area contributed by atoms with Gasteiger partial charge in [0.1, 0.15) is 17.7 Å². The van der Waals surface area contributed by atoms with Gasteiger partial charge in [0, 0.05) is 23.3 Å². The number of hydrogen-bond donors (Lipinski definition) is 1. The number of rotatable bonds is 5. The third-order valence-electron chi connectivity index (χ3n) is 4.44. The van der Waals surface area contributed by atoms with Crippen molar-refractivity contribution in [3.05, 3.63) is 60.8 Å². The highest BCUT2D eigenvalue weighted by molar-refractivity contribution is 5.89. The molecular weight excluding hydrogens is 314 g/mol. The highest BCUT2D eigenvalue weighted by atomic mass is 16.5. The highest BCUT2D eigenvalue weighted by Gasteiger charge is 2.15. The van der Waals surface area contributed by atoms with Crippen molar-refractivity contribution in [1.29, 1.82) is 0 Å². The molecule has 1 atom stereocenters. The standard InChI is InChI=1S/C19H19N5O/c1-3-17(13-4-6-15(25-2)7-5-13)24-11-14(10-23-24)18-16-8-9-20-19(16)22-12-21-18/h4-12,17H,3H2,1-2H3,(H,20,21,22). The smallest absolute Gasteiger partial charge is 0.141 e. The van der Waals surface area contributed by atoms with E-state index in [1.165, 1.54) is 5.56 Å². The average Bonchev–Trinajstić information content (AvgIpc) is 3.32. The second kappa shape index (κ2) is 6.39. The zero-order valence-electron chi connectivity index (χ0n) is 14.2. The Morgan fingerprint density at radius 1 is 1.16 bits per heavy atom. The maximum absolute atomic E-state index is 5.24. The van der Waals surface area contributed by atoms with Gasteiger partial charge in [0.2, 0.25) is 0 Å². The summed E-state index contributed by atoms with van der Waals surface area (Å²) < 4.78 is 7.24. The number of fused-ring (bicyclic) bond motifs is 1. The molecule has 6 nitrogen and oxygen atoms in total. The highest BCUT2D eigenvalue weighted by Crippen LogP contribution is 2.28. The van der Waals surface area contributed by atoms with Gasteiger partial charge in [0.25, 0.3) is 0 Å². The predicted octanol–water partition coefficient (Wildman–Crippen LogP) is 3.83. The van der Waals surface area contributed by atoms with E-state index in [0.29, 0.717) is 0 Å². The van der Waals surface area contributed by atoms with Gasteiger partial charge >= 0.3 is 0 Å². The van der Waals surface area contributed by atoms with Crippen LogP contribution in [0.1, 0.15) is 24.9 Å². The minimum atomic E-state index is 0.170. The Labute approximate surface area is 145 Å². The fraction of sp³-hybridized carbons (Fsp3) is 0.211. The number of benzene rings is 1. The molecule has 0 saturated heterocycles. The molecule has 25 heavy (non-hydrogen) atoms. The average molecular weight is 333 g/mol. The molecule has 1 aromatic carbocycles. The largest absolute Gasteiger partial charge is 0.497 e. The minimum Gasteiger partial charge on any atom is -0.497 e. The van der Waals surface area contributed by atoms with E-state index >= 15 is 0 Å². The first-order valence-electron chi connectivity index (χ1n) is 8.26. The molecule has 0 spiro atoms. The lowest BCUT2D eigenvalue weighted by Gasteiger charge is -2.16. The molecule has 0 bridgehead atoms. The third-order valence-corrected chi connectivity index (χ3v) is 4.44. The number of aromatic amines is 1. The first kappa shape index (κ1) is 15.4. The van der Waals surface area contributed by atoms with Crippen molar-refractivity contribution >= 4 is 11.0 Å². The van der Waals surface area contributed by atoms with E-state index in [1.807, 2.05) is 41.5 Å². The summed E-state index contributed by atoms with van der Waals surface area (Å²) in [5, 5.41) is 5.59. The number of ether oxygens (including phenoxy) is 1. The summed E-state index contributed by atoms with van der Waals surface area (Å²) in [6.45, 7) is 2.16. The predicted molar refractivity (Wildman–Crippen MR) is 96.5 cm³/mol. The molecule has 1 N–H and O–H groups in total.